The highest BCUT2D eigenvalue weighted by Gasteiger charge is 2.08. The summed E-state index contributed by atoms with van der Waals surface area (Å²) in [7, 11) is 0. The van der Waals surface area contributed by atoms with Crippen molar-refractivity contribution in [2.45, 2.75) is 90.5 Å². The molecule has 0 rings (SSSR count). The highest BCUT2D eigenvalue weighted by Crippen LogP contribution is 2.13. The van der Waals surface area contributed by atoms with Crippen molar-refractivity contribution in [3.8, 4) is 0 Å². The number of nitroso groups, excluding NO2 is 1. The van der Waals surface area contributed by atoms with Crippen LogP contribution in [0.2, 0.25) is 0 Å². The summed E-state index contributed by atoms with van der Waals surface area (Å²) in [5, 5.41) is 0. The Morgan fingerprint density at radius 1 is 0.824 bits per heavy atom. The smallest absolute Gasteiger partial charge is 0.00970 e. The van der Waals surface area contributed by atoms with E-state index in [2.05, 4.69) is 26.4 Å². The Morgan fingerprint density at radius 2 is 1.18 bits per heavy atom. The summed E-state index contributed by atoms with van der Waals surface area (Å²) in [5.41, 5.74) is 10.5. The number of nitrogens with one attached hydrogen (secondary N) is 1. The van der Waals surface area contributed by atoms with Crippen molar-refractivity contribution < 1.29 is 0 Å². The van der Waals surface area contributed by atoms with Gasteiger partial charge in [0.2, 0.25) is 0 Å². The summed E-state index contributed by atoms with van der Waals surface area (Å²) >= 11 is 0. The average molecular weight is 244 g/mol. The van der Waals surface area contributed by atoms with Gasteiger partial charge in [0.1, 0.15) is 0 Å². The third-order valence-electron chi connectivity index (χ3n) is 2.92. The van der Waals surface area contributed by atoms with Crippen LogP contribution in [0.5, 0.6) is 0 Å². The lowest BCUT2D eigenvalue weighted by Crippen LogP contribution is -2.31. The van der Waals surface area contributed by atoms with E-state index in [1.165, 1.54) is 64.2 Å². The molecule has 0 radical (unpaired) electrons. The largest absolute Gasteiger partial charge is 0.326 e. The predicted molar refractivity (Wildman–Crippen MR) is 76.2 cm³/mol. The van der Waals surface area contributed by atoms with Crippen molar-refractivity contribution in [2.24, 2.45) is 5.73 Å². The summed E-state index contributed by atoms with van der Waals surface area (Å²) in [6.45, 7) is 6.52. The van der Waals surface area contributed by atoms with Crippen molar-refractivity contribution in [2.75, 3.05) is 0 Å². The van der Waals surface area contributed by atoms with Gasteiger partial charge in [0.25, 0.3) is 0 Å². The van der Waals surface area contributed by atoms with E-state index in [0.717, 1.165) is 0 Å². The molecule has 0 spiro atoms. The first-order chi connectivity index (χ1) is 8.06. The quantitative estimate of drug-likeness (QED) is 0.420. The Bertz CT molecular complexity index is 144. The summed E-state index contributed by atoms with van der Waals surface area (Å²) in [6, 6.07) is 0. The highest BCUT2D eigenvalue weighted by molar-refractivity contribution is 4.70. The molecule has 0 aromatic heterocycles. The Kier molecular flexibility index (Phi) is 15.2. The fourth-order valence-electron chi connectivity index (χ4n) is 1.89. The zero-order chi connectivity index (χ0) is 13.6. The van der Waals surface area contributed by atoms with Crippen LogP contribution < -0.4 is 5.73 Å². The first kappa shape index (κ1) is 18.9. The molecule has 0 fully saturated rings. The molecule has 0 unspecified atom stereocenters. The Hall–Kier alpha value is -0.440. The van der Waals surface area contributed by atoms with Gasteiger partial charge in [-0.1, -0.05) is 70.3 Å². The second-order valence-corrected chi connectivity index (χ2v) is 5.57. The van der Waals surface area contributed by atoms with Gasteiger partial charge >= 0.3 is 0 Å². The second kappa shape index (κ2) is 13.6. The first-order valence-corrected chi connectivity index (χ1v) is 7.05. The zero-order valence-electron chi connectivity index (χ0n) is 12.1. The average Bonchev–Trinajstić information content (AvgIpc) is 2.28. The van der Waals surface area contributed by atoms with Crippen LogP contribution in [0, 0.1) is 10.5 Å². The number of hydrogen-bond donors (Lipinski definition) is 2. The van der Waals surface area contributed by atoms with Crippen LogP contribution in [-0.2, 0) is 0 Å². The van der Waals surface area contributed by atoms with Gasteiger partial charge in [-0.2, -0.15) is 4.91 Å². The summed E-state index contributed by atoms with van der Waals surface area (Å²) in [5.74, 6) is 0. The highest BCUT2D eigenvalue weighted by atomic mass is 16.2. The maximum Gasteiger partial charge on any atom is 0.00970 e. The SMILES string of the molecule is CCCCCCCCCCCC(C)(C)N.N=O. The van der Waals surface area contributed by atoms with Crippen LogP contribution in [0.4, 0.5) is 0 Å². The molecule has 0 saturated heterocycles. The normalized spacial score (nSPS) is 10.8. The van der Waals surface area contributed by atoms with Crippen LogP contribution in [0.1, 0.15) is 85.0 Å². The van der Waals surface area contributed by atoms with Gasteiger partial charge in [0.15, 0.2) is 0 Å². The molecular formula is C14H32N2O. The van der Waals surface area contributed by atoms with Crippen LogP contribution >= 0.6 is 0 Å². The van der Waals surface area contributed by atoms with E-state index in [9.17, 15) is 0 Å². The molecule has 17 heavy (non-hydrogen) atoms. The molecule has 0 atom stereocenters. The minimum absolute atomic E-state index is 0.0428. The van der Waals surface area contributed by atoms with E-state index < -0.39 is 0 Å². The first-order valence-electron chi connectivity index (χ1n) is 7.05. The Labute approximate surface area is 107 Å². The van der Waals surface area contributed by atoms with Gasteiger partial charge in [-0.15, -0.1) is 0 Å². The molecule has 0 heterocycles. The number of hydrogen-bond acceptors (Lipinski definition) is 3. The van der Waals surface area contributed by atoms with Crippen molar-refractivity contribution in [1.29, 1.82) is 5.59 Å². The van der Waals surface area contributed by atoms with Crippen molar-refractivity contribution in [3.63, 3.8) is 0 Å². The van der Waals surface area contributed by atoms with E-state index in [-0.39, 0.29) is 5.54 Å². The summed E-state index contributed by atoms with van der Waals surface area (Å²) in [6.07, 6.45) is 13.8. The van der Waals surface area contributed by atoms with Crippen LogP contribution in [-0.4, -0.2) is 5.54 Å². The lowest BCUT2D eigenvalue weighted by Gasteiger charge is -2.17. The third-order valence-corrected chi connectivity index (χ3v) is 2.92. The monoisotopic (exact) mass is 244 g/mol. The fraction of sp³-hybridized carbons (Fsp3) is 1.00. The molecule has 0 bridgehead atoms. The third kappa shape index (κ3) is 21.4. The van der Waals surface area contributed by atoms with Gasteiger partial charge < -0.3 is 5.73 Å². The molecule has 0 aliphatic carbocycles. The van der Waals surface area contributed by atoms with E-state index >= 15 is 0 Å². The molecule has 0 aliphatic heterocycles. The molecule has 104 valence electrons. The fourth-order valence-corrected chi connectivity index (χ4v) is 1.89. The molecule has 3 nitrogen and oxygen atoms in total. The van der Waals surface area contributed by atoms with Gasteiger partial charge in [-0.05, 0) is 20.3 Å². The summed E-state index contributed by atoms with van der Waals surface area (Å²) < 4.78 is 0. The molecular weight excluding hydrogens is 212 g/mol. The number of unbranched alkanes of at least 4 members (excludes halogenated alkanes) is 8. The zero-order valence-corrected chi connectivity index (χ0v) is 12.1. The molecule has 0 aromatic rings. The second-order valence-electron chi connectivity index (χ2n) is 5.57. The van der Waals surface area contributed by atoms with E-state index in [4.69, 9.17) is 10.6 Å². The lowest BCUT2D eigenvalue weighted by atomic mass is 9.97. The van der Waals surface area contributed by atoms with Crippen LogP contribution in [0.15, 0.2) is 0 Å². The van der Waals surface area contributed by atoms with Gasteiger partial charge in [-0.3, -0.25) is 0 Å². The van der Waals surface area contributed by atoms with Gasteiger partial charge in [-0.25, -0.2) is 0 Å². The molecule has 0 aliphatic rings. The van der Waals surface area contributed by atoms with E-state index in [1.54, 1.807) is 0 Å². The van der Waals surface area contributed by atoms with Crippen LogP contribution in [0.3, 0.4) is 0 Å². The Balaban J connectivity index is 0. The maximum atomic E-state index is 7.50. The predicted octanol–water partition coefficient (Wildman–Crippen LogP) is 4.98. The minimum atomic E-state index is 0.0428. The van der Waals surface area contributed by atoms with Crippen molar-refractivity contribution in [3.05, 3.63) is 4.91 Å². The van der Waals surface area contributed by atoms with Gasteiger partial charge in [0, 0.05) is 5.54 Å². The molecule has 0 amide bonds. The van der Waals surface area contributed by atoms with Crippen molar-refractivity contribution in [1.82, 2.24) is 0 Å². The lowest BCUT2D eigenvalue weighted by molar-refractivity contribution is 0.440. The molecule has 0 aromatic carbocycles. The van der Waals surface area contributed by atoms with E-state index in [0.29, 0.717) is 0 Å². The minimum Gasteiger partial charge on any atom is -0.326 e. The summed E-state index contributed by atoms with van der Waals surface area (Å²) in [4.78, 5) is 7.50. The molecule has 3 N–H and O–H groups in total. The van der Waals surface area contributed by atoms with Crippen LogP contribution in [0.25, 0.3) is 0 Å². The van der Waals surface area contributed by atoms with E-state index in [1.807, 2.05) is 0 Å². The number of nitrogens with two attached hydrogens (primary N) is 1. The standard InChI is InChI=1S/C14H31N.HNO/c1-4-5-6-7-8-9-10-11-12-13-14(2,3)15;1-2/h4-13,15H2,1-3H3;1H. The van der Waals surface area contributed by atoms with Crippen molar-refractivity contribution >= 4 is 0 Å². The van der Waals surface area contributed by atoms with Gasteiger partial charge in [0.05, 0.1) is 0 Å². The Morgan fingerprint density at radius 3 is 1.53 bits per heavy atom. The maximum absolute atomic E-state index is 7.50. The molecule has 0 saturated carbocycles. The number of rotatable bonds is 10. The molecule has 3 heteroatoms. The topological polar surface area (TPSA) is 66.9 Å².